The van der Waals surface area contributed by atoms with E-state index < -0.39 is 17.9 Å². The highest BCUT2D eigenvalue weighted by molar-refractivity contribution is 7.12. The quantitative estimate of drug-likeness (QED) is 0.749. The van der Waals surface area contributed by atoms with Crippen LogP contribution in [0.5, 0.6) is 0 Å². The van der Waals surface area contributed by atoms with E-state index in [9.17, 15) is 14.4 Å². The zero-order valence-corrected chi connectivity index (χ0v) is 10.6. The molecule has 18 heavy (non-hydrogen) atoms. The minimum Gasteiger partial charge on any atom is -0.397 e. The number of nitrogens with zero attached hydrogens (tertiary/aromatic N) is 1. The van der Waals surface area contributed by atoms with Crippen molar-refractivity contribution in [1.82, 2.24) is 10.2 Å². The summed E-state index contributed by atoms with van der Waals surface area (Å²) in [5.74, 6) is -1.26. The minimum atomic E-state index is -0.614. The topological polar surface area (TPSA) is 92.5 Å². The van der Waals surface area contributed by atoms with Crippen LogP contribution < -0.4 is 11.1 Å². The van der Waals surface area contributed by atoms with Crippen LogP contribution in [0.25, 0.3) is 0 Å². The molecule has 2 heterocycles. The van der Waals surface area contributed by atoms with E-state index in [-0.39, 0.29) is 12.5 Å². The summed E-state index contributed by atoms with van der Waals surface area (Å²) < 4.78 is 0. The molecule has 1 aromatic rings. The first-order chi connectivity index (χ1) is 8.54. The van der Waals surface area contributed by atoms with Gasteiger partial charge in [-0.3, -0.25) is 19.7 Å². The average Bonchev–Trinajstić information content (AvgIpc) is 2.73. The van der Waals surface area contributed by atoms with Gasteiger partial charge >= 0.3 is 0 Å². The molecule has 1 unspecified atom stereocenters. The first-order valence-corrected chi connectivity index (χ1v) is 6.40. The van der Waals surface area contributed by atoms with Gasteiger partial charge in [-0.25, -0.2) is 0 Å². The highest BCUT2D eigenvalue weighted by atomic mass is 32.1. The van der Waals surface area contributed by atoms with Gasteiger partial charge in [0.15, 0.2) is 0 Å². The number of anilines is 1. The van der Waals surface area contributed by atoms with E-state index in [1.807, 2.05) is 0 Å². The monoisotopic (exact) mass is 267 g/mol. The van der Waals surface area contributed by atoms with Gasteiger partial charge in [-0.05, 0) is 17.9 Å². The summed E-state index contributed by atoms with van der Waals surface area (Å²) in [4.78, 5) is 36.9. The Kier molecular flexibility index (Phi) is 3.33. The Bertz CT molecular complexity index is 511. The standard InChI is InChI=1S/C11H13N3O3S/c1-2-7-10(16)13-8(15)5-14(7)11(17)9-6(12)3-4-18-9/h3-4,7H,2,5,12H2,1H3,(H,13,15,16). The SMILES string of the molecule is CCC1C(=O)NC(=O)CN1C(=O)c1sccc1N. The molecule has 0 spiro atoms. The van der Waals surface area contributed by atoms with Crippen molar-refractivity contribution in [2.75, 3.05) is 12.3 Å². The van der Waals surface area contributed by atoms with Crippen LogP contribution in [0.4, 0.5) is 5.69 Å². The number of nitrogens with one attached hydrogen (secondary N) is 1. The largest absolute Gasteiger partial charge is 0.397 e. The van der Waals surface area contributed by atoms with Crippen molar-refractivity contribution in [1.29, 1.82) is 0 Å². The fourth-order valence-corrected chi connectivity index (χ4v) is 2.68. The lowest BCUT2D eigenvalue weighted by atomic mass is 10.1. The molecular formula is C11H13N3O3S. The molecule has 1 aliphatic heterocycles. The molecule has 1 saturated heterocycles. The van der Waals surface area contributed by atoms with Crippen molar-refractivity contribution in [3.63, 3.8) is 0 Å². The number of rotatable bonds is 2. The molecule has 3 amide bonds. The Morgan fingerprint density at radius 1 is 1.61 bits per heavy atom. The van der Waals surface area contributed by atoms with Gasteiger partial charge in [0, 0.05) is 0 Å². The number of thiophene rings is 1. The molecule has 2 rings (SSSR count). The molecule has 0 radical (unpaired) electrons. The first kappa shape index (κ1) is 12.6. The van der Waals surface area contributed by atoms with Gasteiger partial charge in [-0.15, -0.1) is 11.3 Å². The molecule has 1 fully saturated rings. The zero-order valence-electron chi connectivity index (χ0n) is 9.80. The van der Waals surface area contributed by atoms with Crippen LogP contribution in [0.15, 0.2) is 11.4 Å². The van der Waals surface area contributed by atoms with Crippen LogP contribution in [0.2, 0.25) is 0 Å². The summed E-state index contributed by atoms with van der Waals surface area (Å²) >= 11 is 1.21. The van der Waals surface area contributed by atoms with Crippen molar-refractivity contribution >= 4 is 34.7 Å². The maximum absolute atomic E-state index is 12.3. The number of piperazine rings is 1. The Balaban J connectivity index is 2.30. The van der Waals surface area contributed by atoms with Crippen LogP contribution in [-0.2, 0) is 9.59 Å². The van der Waals surface area contributed by atoms with Gasteiger partial charge in [0.1, 0.15) is 17.5 Å². The molecule has 0 saturated carbocycles. The number of nitrogen functional groups attached to an aromatic ring is 1. The Morgan fingerprint density at radius 3 is 2.89 bits per heavy atom. The summed E-state index contributed by atoms with van der Waals surface area (Å²) in [6.45, 7) is 1.68. The first-order valence-electron chi connectivity index (χ1n) is 5.52. The summed E-state index contributed by atoms with van der Waals surface area (Å²) in [6, 6.07) is 1.02. The fraction of sp³-hybridized carbons (Fsp3) is 0.364. The van der Waals surface area contributed by atoms with Crippen LogP contribution in [0.3, 0.4) is 0 Å². The number of hydrogen-bond donors (Lipinski definition) is 2. The fourth-order valence-electron chi connectivity index (χ4n) is 1.91. The number of hydrogen-bond acceptors (Lipinski definition) is 5. The molecule has 1 aliphatic rings. The molecule has 0 aromatic carbocycles. The normalized spacial score (nSPS) is 19.8. The van der Waals surface area contributed by atoms with Gasteiger partial charge in [-0.1, -0.05) is 6.92 Å². The van der Waals surface area contributed by atoms with Gasteiger partial charge in [0.2, 0.25) is 11.8 Å². The Hall–Kier alpha value is -1.89. The molecule has 1 aromatic heterocycles. The molecule has 1 atom stereocenters. The van der Waals surface area contributed by atoms with Gasteiger partial charge in [0.05, 0.1) is 5.69 Å². The number of carbonyl (C=O) groups is 3. The predicted octanol–water partition coefficient (Wildman–Crippen LogP) is 0.207. The predicted molar refractivity (Wildman–Crippen MR) is 67.0 cm³/mol. The van der Waals surface area contributed by atoms with Crippen molar-refractivity contribution < 1.29 is 14.4 Å². The number of amides is 3. The second-order valence-electron chi connectivity index (χ2n) is 3.97. The van der Waals surface area contributed by atoms with Crippen LogP contribution >= 0.6 is 11.3 Å². The van der Waals surface area contributed by atoms with Crippen LogP contribution in [0.1, 0.15) is 23.0 Å². The average molecular weight is 267 g/mol. The summed E-state index contributed by atoms with van der Waals surface area (Å²) in [5.41, 5.74) is 6.06. The minimum absolute atomic E-state index is 0.111. The van der Waals surface area contributed by atoms with E-state index in [1.54, 1.807) is 18.4 Å². The molecule has 96 valence electrons. The molecule has 0 bridgehead atoms. The van der Waals surface area contributed by atoms with E-state index in [0.29, 0.717) is 17.0 Å². The molecule has 6 nitrogen and oxygen atoms in total. The van der Waals surface area contributed by atoms with E-state index in [0.717, 1.165) is 0 Å². The highest BCUT2D eigenvalue weighted by Gasteiger charge is 2.36. The Morgan fingerprint density at radius 2 is 2.33 bits per heavy atom. The number of imide groups is 1. The van der Waals surface area contributed by atoms with E-state index in [2.05, 4.69) is 5.32 Å². The molecule has 0 aliphatic carbocycles. The third-order valence-electron chi connectivity index (χ3n) is 2.79. The van der Waals surface area contributed by atoms with Gasteiger partial charge in [-0.2, -0.15) is 0 Å². The number of carbonyl (C=O) groups excluding carboxylic acids is 3. The zero-order chi connectivity index (χ0) is 13.3. The second kappa shape index (κ2) is 4.77. The van der Waals surface area contributed by atoms with Crippen LogP contribution in [-0.4, -0.2) is 35.2 Å². The lowest BCUT2D eigenvalue weighted by Crippen LogP contribution is -2.59. The number of nitrogens with two attached hydrogens (primary N) is 1. The van der Waals surface area contributed by atoms with Crippen LogP contribution in [0, 0.1) is 0 Å². The second-order valence-corrected chi connectivity index (χ2v) is 4.89. The maximum Gasteiger partial charge on any atom is 0.267 e. The molecular weight excluding hydrogens is 254 g/mol. The summed E-state index contributed by atoms with van der Waals surface area (Å²) in [7, 11) is 0. The van der Waals surface area contributed by atoms with Gasteiger partial charge in [0.25, 0.3) is 5.91 Å². The molecule has 3 N–H and O–H groups in total. The molecule has 7 heteroatoms. The smallest absolute Gasteiger partial charge is 0.267 e. The third-order valence-corrected chi connectivity index (χ3v) is 3.71. The van der Waals surface area contributed by atoms with E-state index in [4.69, 9.17) is 5.73 Å². The van der Waals surface area contributed by atoms with Crippen molar-refractivity contribution in [3.05, 3.63) is 16.3 Å². The van der Waals surface area contributed by atoms with Crippen molar-refractivity contribution in [2.45, 2.75) is 19.4 Å². The lowest BCUT2D eigenvalue weighted by molar-refractivity contribution is -0.138. The van der Waals surface area contributed by atoms with Crippen molar-refractivity contribution in [2.24, 2.45) is 0 Å². The lowest BCUT2D eigenvalue weighted by Gasteiger charge is -2.33. The van der Waals surface area contributed by atoms with E-state index >= 15 is 0 Å². The third kappa shape index (κ3) is 2.08. The summed E-state index contributed by atoms with van der Waals surface area (Å²) in [5, 5.41) is 3.93. The Labute approximate surface area is 108 Å². The summed E-state index contributed by atoms with van der Waals surface area (Å²) in [6.07, 6.45) is 0.454. The van der Waals surface area contributed by atoms with E-state index in [1.165, 1.54) is 16.2 Å². The van der Waals surface area contributed by atoms with Crippen molar-refractivity contribution in [3.8, 4) is 0 Å². The highest BCUT2D eigenvalue weighted by Crippen LogP contribution is 2.23. The maximum atomic E-state index is 12.3. The van der Waals surface area contributed by atoms with Gasteiger partial charge < -0.3 is 10.6 Å².